The molecule has 0 saturated carbocycles. The molecule has 0 aliphatic heterocycles. The fraction of sp³-hybridized carbons (Fsp3) is 0.308. The fourth-order valence-corrected chi connectivity index (χ4v) is 2.95. The smallest absolute Gasteiger partial charge is 0.287 e. The van der Waals surface area contributed by atoms with Crippen LogP contribution in [0.1, 0.15) is 24.4 Å². The Morgan fingerprint density at radius 3 is 2.60 bits per heavy atom. The van der Waals surface area contributed by atoms with Crippen LogP contribution in [-0.2, 0) is 0 Å². The van der Waals surface area contributed by atoms with Gasteiger partial charge in [0.15, 0.2) is 5.76 Å². The van der Waals surface area contributed by atoms with Crippen molar-refractivity contribution < 1.29 is 9.21 Å². The van der Waals surface area contributed by atoms with E-state index in [4.69, 9.17) is 10.2 Å². The molecule has 0 saturated heterocycles. The van der Waals surface area contributed by atoms with Gasteiger partial charge in [-0.25, -0.2) is 0 Å². The van der Waals surface area contributed by atoms with E-state index in [0.29, 0.717) is 12.1 Å². The van der Waals surface area contributed by atoms with Gasteiger partial charge in [0.05, 0.1) is 4.47 Å². The highest BCUT2D eigenvalue weighted by atomic mass is 79.9. The topological polar surface area (TPSA) is 68.3 Å². The molecule has 0 spiro atoms. The summed E-state index contributed by atoms with van der Waals surface area (Å²) in [6, 6.07) is 5.48. The number of carbonyl (C=O) groups is 1. The van der Waals surface area contributed by atoms with Gasteiger partial charge in [-0.2, -0.15) is 0 Å². The molecule has 0 unspecified atom stereocenters. The maximum absolute atomic E-state index is 12.1. The van der Waals surface area contributed by atoms with Gasteiger partial charge in [-0.15, -0.1) is 12.4 Å². The van der Waals surface area contributed by atoms with E-state index in [1.807, 2.05) is 26.0 Å². The van der Waals surface area contributed by atoms with Gasteiger partial charge in [-0.1, -0.05) is 15.9 Å². The second kappa shape index (κ2) is 6.47. The highest BCUT2D eigenvalue weighted by Crippen LogP contribution is 2.31. The number of amides is 1. The molecule has 0 aliphatic carbocycles. The molecule has 1 heterocycles. The second-order valence-electron chi connectivity index (χ2n) is 4.96. The monoisotopic (exact) mass is 424 g/mol. The number of hydrogen-bond donors (Lipinski definition) is 2. The van der Waals surface area contributed by atoms with E-state index in [9.17, 15) is 4.79 Å². The van der Waals surface area contributed by atoms with Gasteiger partial charge >= 0.3 is 0 Å². The molecular weight excluding hydrogens is 411 g/mol. The number of carbonyl (C=O) groups excluding carboxylic acids is 1. The lowest BCUT2D eigenvalue weighted by molar-refractivity contribution is 0.0889. The van der Waals surface area contributed by atoms with Crippen LogP contribution in [0.3, 0.4) is 0 Å². The van der Waals surface area contributed by atoms with Gasteiger partial charge in [0.2, 0.25) is 0 Å². The van der Waals surface area contributed by atoms with Crippen molar-refractivity contribution in [1.82, 2.24) is 5.32 Å². The van der Waals surface area contributed by atoms with Crippen molar-refractivity contribution in [2.45, 2.75) is 19.4 Å². The predicted molar refractivity (Wildman–Crippen MR) is 89.5 cm³/mol. The van der Waals surface area contributed by atoms with Crippen LogP contribution in [0.5, 0.6) is 0 Å². The molecule has 0 radical (unpaired) electrons. The lowest BCUT2D eigenvalue weighted by atomic mass is 10.1. The third kappa shape index (κ3) is 3.75. The Hall–Kier alpha value is -0.560. The highest BCUT2D eigenvalue weighted by molar-refractivity contribution is 9.11. The van der Waals surface area contributed by atoms with Crippen molar-refractivity contribution in [1.29, 1.82) is 0 Å². The first kappa shape index (κ1) is 17.5. The summed E-state index contributed by atoms with van der Waals surface area (Å²) in [4.78, 5) is 12.1. The number of nitrogens with one attached hydrogen (secondary N) is 1. The van der Waals surface area contributed by atoms with Gasteiger partial charge < -0.3 is 15.5 Å². The highest BCUT2D eigenvalue weighted by Gasteiger charge is 2.22. The van der Waals surface area contributed by atoms with Gasteiger partial charge in [0.1, 0.15) is 5.58 Å². The van der Waals surface area contributed by atoms with Crippen LogP contribution in [0, 0.1) is 0 Å². The lowest BCUT2D eigenvalue weighted by Crippen LogP contribution is -2.48. The molecule has 1 aromatic carbocycles. The third-order valence-corrected chi connectivity index (χ3v) is 3.77. The zero-order valence-electron chi connectivity index (χ0n) is 11.0. The summed E-state index contributed by atoms with van der Waals surface area (Å²) in [6.45, 7) is 4.08. The van der Waals surface area contributed by atoms with Gasteiger partial charge in [0, 0.05) is 21.9 Å². The Labute approximate surface area is 140 Å². The van der Waals surface area contributed by atoms with E-state index < -0.39 is 5.54 Å². The summed E-state index contributed by atoms with van der Waals surface area (Å²) < 4.78 is 7.30. The molecular formula is C13H15Br2ClN2O2. The minimum Gasteiger partial charge on any atom is -0.450 e. The van der Waals surface area contributed by atoms with Crippen molar-refractivity contribution in [2.75, 3.05) is 6.54 Å². The number of halogens is 3. The van der Waals surface area contributed by atoms with E-state index in [1.54, 1.807) is 6.07 Å². The third-order valence-electron chi connectivity index (χ3n) is 2.72. The van der Waals surface area contributed by atoms with Crippen LogP contribution in [-0.4, -0.2) is 18.0 Å². The number of fused-ring (bicyclic) bond motifs is 1. The Balaban J connectivity index is 0.00000200. The Bertz CT molecular complexity index is 641. The number of hydrogen-bond acceptors (Lipinski definition) is 3. The first-order chi connectivity index (χ1) is 8.82. The van der Waals surface area contributed by atoms with Crippen LogP contribution in [0.2, 0.25) is 0 Å². The minimum absolute atomic E-state index is 0. The molecule has 7 heteroatoms. The first-order valence-electron chi connectivity index (χ1n) is 5.73. The van der Waals surface area contributed by atoms with Crippen LogP contribution in [0.4, 0.5) is 0 Å². The van der Waals surface area contributed by atoms with Gasteiger partial charge in [-0.05, 0) is 48.0 Å². The SMILES string of the molecule is CC(C)(CN)NC(=O)c1cc2cc(Br)cc(Br)c2o1.Cl. The number of rotatable bonds is 3. The number of nitrogens with two attached hydrogens (primary N) is 1. The van der Waals surface area contributed by atoms with E-state index in [1.165, 1.54) is 0 Å². The summed E-state index contributed by atoms with van der Waals surface area (Å²) in [6.07, 6.45) is 0. The lowest BCUT2D eigenvalue weighted by Gasteiger charge is -2.23. The summed E-state index contributed by atoms with van der Waals surface area (Å²) >= 11 is 6.81. The predicted octanol–water partition coefficient (Wildman–Crippen LogP) is 3.85. The van der Waals surface area contributed by atoms with Crippen LogP contribution in [0.15, 0.2) is 31.6 Å². The molecule has 20 heavy (non-hydrogen) atoms. The van der Waals surface area contributed by atoms with E-state index in [-0.39, 0.29) is 24.1 Å². The zero-order valence-corrected chi connectivity index (χ0v) is 15.0. The summed E-state index contributed by atoms with van der Waals surface area (Å²) in [5.41, 5.74) is 5.78. The van der Waals surface area contributed by atoms with Crippen molar-refractivity contribution in [3.63, 3.8) is 0 Å². The number of benzene rings is 1. The molecule has 1 aromatic heterocycles. The van der Waals surface area contributed by atoms with Crippen LogP contribution >= 0.6 is 44.3 Å². The molecule has 0 aliphatic rings. The molecule has 3 N–H and O–H groups in total. The Morgan fingerprint density at radius 2 is 2.00 bits per heavy atom. The largest absolute Gasteiger partial charge is 0.450 e. The minimum atomic E-state index is -0.464. The van der Waals surface area contributed by atoms with E-state index in [0.717, 1.165) is 14.3 Å². The van der Waals surface area contributed by atoms with Crippen LogP contribution < -0.4 is 11.1 Å². The summed E-state index contributed by atoms with van der Waals surface area (Å²) in [5.74, 6) is 0.00463. The van der Waals surface area contributed by atoms with Gasteiger partial charge in [0.25, 0.3) is 5.91 Å². The van der Waals surface area contributed by atoms with Crippen molar-refractivity contribution in [3.05, 3.63) is 32.9 Å². The van der Waals surface area contributed by atoms with Crippen molar-refractivity contribution in [3.8, 4) is 0 Å². The molecule has 0 bridgehead atoms. The maximum atomic E-state index is 12.1. The molecule has 110 valence electrons. The summed E-state index contributed by atoms with van der Waals surface area (Å²) in [5, 5.41) is 3.69. The van der Waals surface area contributed by atoms with Crippen molar-refractivity contribution in [2.24, 2.45) is 5.73 Å². The average Bonchev–Trinajstić information content (AvgIpc) is 2.72. The molecule has 4 nitrogen and oxygen atoms in total. The quantitative estimate of drug-likeness (QED) is 0.784. The molecule has 2 rings (SSSR count). The number of furan rings is 1. The molecule has 0 fully saturated rings. The maximum Gasteiger partial charge on any atom is 0.287 e. The normalized spacial score (nSPS) is 11.2. The fourth-order valence-electron chi connectivity index (χ4n) is 1.61. The van der Waals surface area contributed by atoms with E-state index >= 15 is 0 Å². The molecule has 0 atom stereocenters. The second-order valence-corrected chi connectivity index (χ2v) is 6.73. The average molecular weight is 427 g/mol. The first-order valence-corrected chi connectivity index (χ1v) is 7.32. The Morgan fingerprint density at radius 1 is 1.35 bits per heavy atom. The Kier molecular flexibility index (Phi) is 5.66. The standard InChI is InChI=1S/C13H14Br2N2O2.ClH/c1-13(2,6-16)17-12(18)10-4-7-3-8(14)5-9(15)11(7)19-10;/h3-5H,6,16H2,1-2H3,(H,17,18);1H. The summed E-state index contributed by atoms with van der Waals surface area (Å²) in [7, 11) is 0. The molecule has 1 amide bonds. The zero-order chi connectivity index (χ0) is 14.2. The van der Waals surface area contributed by atoms with Crippen molar-refractivity contribution >= 4 is 61.1 Å². The van der Waals surface area contributed by atoms with E-state index in [2.05, 4.69) is 37.2 Å². The molecule has 2 aromatic rings. The van der Waals surface area contributed by atoms with Gasteiger partial charge in [-0.3, -0.25) is 4.79 Å². The van der Waals surface area contributed by atoms with Crippen LogP contribution in [0.25, 0.3) is 11.0 Å².